The molecule has 1 aliphatic rings. The number of anilines is 2. The summed E-state index contributed by atoms with van der Waals surface area (Å²) >= 11 is 0. The number of piperidine rings is 1. The Morgan fingerprint density at radius 3 is 2.71 bits per heavy atom. The second-order valence-electron chi connectivity index (χ2n) is 5.98. The van der Waals surface area contributed by atoms with Crippen LogP contribution in [0.25, 0.3) is 0 Å². The van der Waals surface area contributed by atoms with Crippen LogP contribution in [0.4, 0.5) is 11.8 Å². The van der Waals surface area contributed by atoms with E-state index in [2.05, 4.69) is 46.3 Å². The Bertz CT molecular complexity index is 429. The number of aryl methyl sites for hydroxylation is 1. The number of hydrogen-bond donors (Lipinski definition) is 2. The fourth-order valence-corrected chi connectivity index (χ4v) is 2.68. The SMILES string of the molecule is CCCNc1ncc(C)c(NCC(C)N2CCCCC2)n1. The Morgan fingerprint density at radius 1 is 1.24 bits per heavy atom. The summed E-state index contributed by atoms with van der Waals surface area (Å²) in [6.07, 6.45) is 7.02. The zero-order valence-corrected chi connectivity index (χ0v) is 13.7. The van der Waals surface area contributed by atoms with E-state index in [1.165, 1.54) is 32.4 Å². The van der Waals surface area contributed by atoms with E-state index >= 15 is 0 Å². The van der Waals surface area contributed by atoms with Crippen LogP contribution in [0.5, 0.6) is 0 Å². The van der Waals surface area contributed by atoms with Crippen molar-refractivity contribution in [3.63, 3.8) is 0 Å². The monoisotopic (exact) mass is 291 g/mol. The molecular formula is C16H29N5. The molecule has 0 spiro atoms. The molecule has 1 fully saturated rings. The number of hydrogen-bond acceptors (Lipinski definition) is 5. The van der Waals surface area contributed by atoms with Crippen molar-refractivity contribution < 1.29 is 0 Å². The van der Waals surface area contributed by atoms with Crippen molar-refractivity contribution in [1.82, 2.24) is 14.9 Å². The predicted molar refractivity (Wildman–Crippen MR) is 88.9 cm³/mol. The minimum Gasteiger partial charge on any atom is -0.368 e. The van der Waals surface area contributed by atoms with E-state index in [1.54, 1.807) is 0 Å². The molecule has 2 rings (SSSR count). The lowest BCUT2D eigenvalue weighted by Gasteiger charge is -2.32. The highest BCUT2D eigenvalue weighted by Gasteiger charge is 2.16. The second kappa shape index (κ2) is 8.17. The lowest BCUT2D eigenvalue weighted by Crippen LogP contribution is -2.41. The molecule has 0 amide bonds. The molecule has 2 N–H and O–H groups in total. The zero-order valence-electron chi connectivity index (χ0n) is 13.7. The second-order valence-corrected chi connectivity index (χ2v) is 5.98. The summed E-state index contributed by atoms with van der Waals surface area (Å²) in [6.45, 7) is 10.8. The minimum absolute atomic E-state index is 0.548. The average molecular weight is 291 g/mol. The Labute approximate surface area is 128 Å². The van der Waals surface area contributed by atoms with E-state index in [4.69, 9.17) is 0 Å². The summed E-state index contributed by atoms with van der Waals surface area (Å²) in [5.74, 6) is 1.67. The van der Waals surface area contributed by atoms with Gasteiger partial charge < -0.3 is 10.6 Å². The van der Waals surface area contributed by atoms with Gasteiger partial charge in [0.25, 0.3) is 0 Å². The van der Waals surface area contributed by atoms with Crippen molar-refractivity contribution in [2.24, 2.45) is 0 Å². The number of nitrogens with one attached hydrogen (secondary N) is 2. The highest BCUT2D eigenvalue weighted by Crippen LogP contribution is 2.15. The lowest BCUT2D eigenvalue weighted by atomic mass is 10.1. The van der Waals surface area contributed by atoms with Crippen molar-refractivity contribution in [1.29, 1.82) is 0 Å². The third-order valence-corrected chi connectivity index (χ3v) is 4.08. The van der Waals surface area contributed by atoms with E-state index in [0.717, 1.165) is 36.8 Å². The number of likely N-dealkylation sites (tertiary alicyclic amines) is 1. The topological polar surface area (TPSA) is 53.1 Å². The van der Waals surface area contributed by atoms with Gasteiger partial charge in [0.05, 0.1) is 0 Å². The summed E-state index contributed by atoms with van der Waals surface area (Å²) in [6, 6.07) is 0.548. The van der Waals surface area contributed by atoms with Gasteiger partial charge in [-0.15, -0.1) is 0 Å². The van der Waals surface area contributed by atoms with Gasteiger partial charge in [0.2, 0.25) is 5.95 Å². The van der Waals surface area contributed by atoms with E-state index in [9.17, 15) is 0 Å². The summed E-state index contributed by atoms with van der Waals surface area (Å²) in [4.78, 5) is 11.5. The summed E-state index contributed by atoms with van der Waals surface area (Å²) in [7, 11) is 0. The molecule has 0 radical (unpaired) electrons. The maximum Gasteiger partial charge on any atom is 0.224 e. The first-order valence-corrected chi connectivity index (χ1v) is 8.26. The van der Waals surface area contributed by atoms with Crippen LogP contribution in [0.3, 0.4) is 0 Å². The normalized spacial score (nSPS) is 17.5. The molecule has 0 saturated carbocycles. The third-order valence-electron chi connectivity index (χ3n) is 4.08. The predicted octanol–water partition coefficient (Wildman–Crippen LogP) is 2.89. The molecule has 0 bridgehead atoms. The summed E-state index contributed by atoms with van der Waals surface area (Å²) in [5.41, 5.74) is 1.10. The largest absolute Gasteiger partial charge is 0.368 e. The molecular weight excluding hydrogens is 262 g/mol. The molecule has 118 valence electrons. The summed E-state index contributed by atoms with van der Waals surface area (Å²) in [5, 5.41) is 6.73. The Hall–Kier alpha value is -1.36. The minimum atomic E-state index is 0.548. The molecule has 1 unspecified atom stereocenters. The molecule has 21 heavy (non-hydrogen) atoms. The first-order valence-electron chi connectivity index (χ1n) is 8.26. The Balaban J connectivity index is 1.88. The average Bonchev–Trinajstić information content (AvgIpc) is 2.53. The van der Waals surface area contributed by atoms with Gasteiger partial charge in [0.1, 0.15) is 5.82 Å². The van der Waals surface area contributed by atoms with Crippen molar-refractivity contribution in [3.05, 3.63) is 11.8 Å². The van der Waals surface area contributed by atoms with E-state index in [1.807, 2.05) is 6.20 Å². The van der Waals surface area contributed by atoms with E-state index < -0.39 is 0 Å². The fraction of sp³-hybridized carbons (Fsp3) is 0.750. The van der Waals surface area contributed by atoms with Crippen LogP contribution >= 0.6 is 0 Å². The van der Waals surface area contributed by atoms with Gasteiger partial charge in [-0.1, -0.05) is 13.3 Å². The molecule has 5 nitrogen and oxygen atoms in total. The van der Waals surface area contributed by atoms with Crippen LogP contribution in [0.15, 0.2) is 6.20 Å². The first kappa shape index (κ1) is 16.0. The third kappa shape index (κ3) is 4.84. The molecule has 0 aromatic carbocycles. The molecule has 1 aliphatic heterocycles. The van der Waals surface area contributed by atoms with Gasteiger partial charge in [-0.3, -0.25) is 4.90 Å². The zero-order chi connectivity index (χ0) is 15.1. The van der Waals surface area contributed by atoms with Crippen LogP contribution in [-0.4, -0.2) is 47.1 Å². The molecule has 2 heterocycles. The standard InChI is InChI=1S/C16H29N5/c1-4-8-17-16-19-11-13(2)15(20-16)18-12-14(3)21-9-6-5-7-10-21/h11,14H,4-10,12H2,1-3H3,(H2,17,18,19,20). The highest BCUT2D eigenvalue weighted by atomic mass is 15.2. The number of rotatable bonds is 7. The molecule has 1 aromatic rings. The fourth-order valence-electron chi connectivity index (χ4n) is 2.68. The quantitative estimate of drug-likeness (QED) is 0.809. The van der Waals surface area contributed by atoms with Gasteiger partial charge in [-0.2, -0.15) is 4.98 Å². The van der Waals surface area contributed by atoms with Crippen molar-refractivity contribution in [3.8, 4) is 0 Å². The first-order chi connectivity index (χ1) is 10.2. The molecule has 0 aliphatic carbocycles. The van der Waals surface area contributed by atoms with Gasteiger partial charge >= 0.3 is 0 Å². The van der Waals surface area contributed by atoms with Crippen LogP contribution < -0.4 is 10.6 Å². The van der Waals surface area contributed by atoms with Gasteiger partial charge in [-0.25, -0.2) is 4.98 Å². The van der Waals surface area contributed by atoms with Crippen LogP contribution in [-0.2, 0) is 0 Å². The van der Waals surface area contributed by atoms with Gasteiger partial charge in [-0.05, 0) is 46.2 Å². The maximum atomic E-state index is 4.58. The van der Waals surface area contributed by atoms with Crippen molar-refractivity contribution >= 4 is 11.8 Å². The number of aromatic nitrogens is 2. The molecule has 5 heteroatoms. The van der Waals surface area contributed by atoms with Crippen molar-refractivity contribution in [2.45, 2.75) is 52.5 Å². The number of nitrogens with zero attached hydrogens (tertiary/aromatic N) is 3. The molecule has 1 saturated heterocycles. The Kier molecular flexibility index (Phi) is 6.23. The van der Waals surface area contributed by atoms with E-state index in [-0.39, 0.29) is 0 Å². The summed E-state index contributed by atoms with van der Waals surface area (Å²) < 4.78 is 0. The van der Waals surface area contributed by atoms with Crippen LogP contribution in [0.1, 0.15) is 45.1 Å². The van der Waals surface area contributed by atoms with Crippen molar-refractivity contribution in [2.75, 3.05) is 36.8 Å². The van der Waals surface area contributed by atoms with Crippen LogP contribution in [0.2, 0.25) is 0 Å². The molecule has 1 aromatic heterocycles. The Morgan fingerprint density at radius 2 is 2.00 bits per heavy atom. The molecule has 1 atom stereocenters. The van der Waals surface area contributed by atoms with Gasteiger partial charge in [0.15, 0.2) is 0 Å². The van der Waals surface area contributed by atoms with E-state index in [0.29, 0.717) is 6.04 Å². The van der Waals surface area contributed by atoms with Crippen LogP contribution in [0, 0.1) is 6.92 Å². The highest BCUT2D eigenvalue weighted by molar-refractivity contribution is 5.46. The van der Waals surface area contributed by atoms with Gasteiger partial charge in [0, 0.05) is 30.9 Å². The lowest BCUT2D eigenvalue weighted by molar-refractivity contribution is 0.180. The maximum absolute atomic E-state index is 4.58. The smallest absolute Gasteiger partial charge is 0.224 e.